The van der Waals surface area contributed by atoms with E-state index < -0.39 is 11.9 Å². The van der Waals surface area contributed by atoms with E-state index in [1.165, 1.54) is 0 Å². The first-order valence-electron chi connectivity index (χ1n) is 9.46. The third-order valence-electron chi connectivity index (χ3n) is 4.61. The minimum Gasteiger partial charge on any atom is -0.307 e. The monoisotopic (exact) mass is 431 g/mol. The second kappa shape index (κ2) is 8.81. The van der Waals surface area contributed by atoms with Crippen molar-refractivity contribution < 1.29 is 9.59 Å². The Labute approximate surface area is 183 Å². The van der Waals surface area contributed by atoms with Gasteiger partial charge < -0.3 is 5.32 Å². The van der Waals surface area contributed by atoms with Crippen LogP contribution in [0.1, 0.15) is 15.9 Å². The number of urea groups is 1. The van der Waals surface area contributed by atoms with Crippen molar-refractivity contribution in [3.63, 3.8) is 0 Å². The van der Waals surface area contributed by atoms with Gasteiger partial charge in [-0.25, -0.2) is 15.2 Å². The van der Waals surface area contributed by atoms with Crippen LogP contribution in [0.4, 0.5) is 10.5 Å². The van der Waals surface area contributed by atoms with E-state index in [0.717, 1.165) is 5.56 Å². The molecule has 0 aliphatic heterocycles. The molecule has 2 aromatic carbocycles. The molecule has 0 aliphatic rings. The van der Waals surface area contributed by atoms with Crippen LogP contribution >= 0.6 is 11.6 Å². The molecule has 0 aliphatic carbocycles. The van der Waals surface area contributed by atoms with Crippen LogP contribution in [0.3, 0.4) is 0 Å². The van der Waals surface area contributed by atoms with Gasteiger partial charge in [0.1, 0.15) is 0 Å². The number of anilines is 1. The molecule has 2 heterocycles. The lowest BCUT2D eigenvalue weighted by Gasteiger charge is -2.12. The van der Waals surface area contributed by atoms with Gasteiger partial charge in [-0.1, -0.05) is 41.9 Å². The summed E-state index contributed by atoms with van der Waals surface area (Å²) in [5.74, 6) is -0.479. The van der Waals surface area contributed by atoms with Gasteiger partial charge in [0.25, 0.3) is 5.91 Å². The summed E-state index contributed by atoms with van der Waals surface area (Å²) in [4.78, 5) is 34.0. The first-order valence-corrected chi connectivity index (χ1v) is 9.84. The molecular formula is C23H18ClN5O2. The highest BCUT2D eigenvalue weighted by molar-refractivity contribution is 6.31. The van der Waals surface area contributed by atoms with E-state index >= 15 is 0 Å². The van der Waals surface area contributed by atoms with E-state index in [1.807, 2.05) is 43.3 Å². The standard InChI is InChI=1S/C23H18ClN5O2/c1-14-9-10-15(12-18(14)24)26-23(31)29-28-22(30)17-13-21(20-8-4-5-11-25-20)27-19-7-3-2-6-16(17)19/h2-13H,1H3,(H,28,30)(H2,26,29,31). The summed E-state index contributed by atoms with van der Waals surface area (Å²) < 4.78 is 0. The number of para-hydroxylation sites is 1. The van der Waals surface area contributed by atoms with Gasteiger partial charge in [-0.15, -0.1) is 0 Å². The number of hydrazine groups is 1. The van der Waals surface area contributed by atoms with Crippen LogP contribution in [-0.2, 0) is 0 Å². The molecule has 0 atom stereocenters. The summed E-state index contributed by atoms with van der Waals surface area (Å²) in [5.41, 5.74) is 8.41. The van der Waals surface area contributed by atoms with Gasteiger partial charge in [-0.3, -0.25) is 15.2 Å². The summed E-state index contributed by atoms with van der Waals surface area (Å²) in [6, 6.07) is 19.0. The molecule has 4 rings (SSSR count). The summed E-state index contributed by atoms with van der Waals surface area (Å²) >= 11 is 6.07. The highest BCUT2D eigenvalue weighted by Gasteiger charge is 2.15. The number of hydrogen-bond acceptors (Lipinski definition) is 4. The zero-order valence-electron chi connectivity index (χ0n) is 16.5. The summed E-state index contributed by atoms with van der Waals surface area (Å²) in [5, 5.41) is 3.81. The zero-order chi connectivity index (χ0) is 21.8. The van der Waals surface area contributed by atoms with Crippen LogP contribution in [0.2, 0.25) is 5.02 Å². The molecule has 0 fully saturated rings. The number of halogens is 1. The maximum absolute atomic E-state index is 12.9. The van der Waals surface area contributed by atoms with Crippen molar-refractivity contribution in [2.75, 3.05) is 5.32 Å². The molecular weight excluding hydrogens is 414 g/mol. The molecule has 0 radical (unpaired) electrons. The number of pyridine rings is 2. The molecule has 31 heavy (non-hydrogen) atoms. The Morgan fingerprint density at radius 1 is 0.903 bits per heavy atom. The van der Waals surface area contributed by atoms with Crippen molar-refractivity contribution in [1.82, 2.24) is 20.8 Å². The van der Waals surface area contributed by atoms with E-state index in [2.05, 4.69) is 26.1 Å². The summed E-state index contributed by atoms with van der Waals surface area (Å²) in [7, 11) is 0. The van der Waals surface area contributed by atoms with Gasteiger partial charge in [0.15, 0.2) is 0 Å². The number of amides is 3. The second-order valence-corrected chi connectivity index (χ2v) is 7.19. The Morgan fingerprint density at radius 3 is 2.48 bits per heavy atom. The van der Waals surface area contributed by atoms with Crippen LogP contribution in [0, 0.1) is 6.92 Å². The maximum atomic E-state index is 12.9. The SMILES string of the molecule is Cc1ccc(NC(=O)NNC(=O)c2cc(-c3ccccn3)nc3ccccc23)cc1Cl. The normalized spacial score (nSPS) is 10.5. The average Bonchev–Trinajstić information content (AvgIpc) is 2.79. The molecule has 0 saturated carbocycles. The Bertz CT molecular complexity index is 1280. The summed E-state index contributed by atoms with van der Waals surface area (Å²) in [6.45, 7) is 1.87. The number of carbonyl (C=O) groups is 2. The maximum Gasteiger partial charge on any atom is 0.337 e. The Hall–Kier alpha value is -3.97. The molecule has 0 spiro atoms. The number of rotatable bonds is 3. The van der Waals surface area contributed by atoms with Crippen molar-refractivity contribution in [2.24, 2.45) is 0 Å². The summed E-state index contributed by atoms with van der Waals surface area (Å²) in [6.07, 6.45) is 1.66. The molecule has 0 saturated heterocycles. The number of carbonyl (C=O) groups excluding carboxylic acids is 2. The molecule has 7 nitrogen and oxygen atoms in total. The smallest absolute Gasteiger partial charge is 0.307 e. The van der Waals surface area contributed by atoms with E-state index in [-0.39, 0.29) is 0 Å². The third-order valence-corrected chi connectivity index (χ3v) is 5.01. The molecule has 3 amide bonds. The zero-order valence-corrected chi connectivity index (χ0v) is 17.3. The molecule has 2 aromatic heterocycles. The van der Waals surface area contributed by atoms with E-state index in [4.69, 9.17) is 11.6 Å². The highest BCUT2D eigenvalue weighted by atomic mass is 35.5. The van der Waals surface area contributed by atoms with Gasteiger partial charge in [0.05, 0.1) is 22.5 Å². The Morgan fingerprint density at radius 2 is 1.71 bits per heavy atom. The van der Waals surface area contributed by atoms with Gasteiger partial charge >= 0.3 is 6.03 Å². The fourth-order valence-electron chi connectivity index (χ4n) is 3.02. The lowest BCUT2D eigenvalue weighted by molar-refractivity contribution is 0.0939. The predicted molar refractivity (Wildman–Crippen MR) is 121 cm³/mol. The van der Waals surface area contributed by atoms with Gasteiger partial charge in [0, 0.05) is 22.3 Å². The third kappa shape index (κ3) is 4.62. The number of nitrogens with one attached hydrogen (secondary N) is 3. The van der Waals surface area contributed by atoms with Gasteiger partial charge in [0.2, 0.25) is 0 Å². The minimum absolute atomic E-state index is 0.366. The fraction of sp³-hybridized carbons (Fsp3) is 0.0435. The van der Waals surface area contributed by atoms with Gasteiger partial charge in [-0.05, 0) is 48.9 Å². The van der Waals surface area contributed by atoms with Crippen molar-refractivity contribution in [2.45, 2.75) is 6.92 Å². The van der Waals surface area contributed by atoms with Crippen LogP contribution in [0.25, 0.3) is 22.3 Å². The molecule has 0 bridgehead atoms. The second-order valence-electron chi connectivity index (χ2n) is 6.78. The lowest BCUT2D eigenvalue weighted by Crippen LogP contribution is -2.44. The topological polar surface area (TPSA) is 96.0 Å². The molecule has 8 heteroatoms. The van der Waals surface area contributed by atoms with Crippen molar-refractivity contribution in [3.8, 4) is 11.4 Å². The van der Waals surface area contributed by atoms with E-state index in [0.29, 0.717) is 38.6 Å². The molecule has 154 valence electrons. The number of benzene rings is 2. The number of aryl methyl sites for hydroxylation is 1. The molecule has 0 unspecified atom stereocenters. The lowest BCUT2D eigenvalue weighted by atomic mass is 10.1. The highest BCUT2D eigenvalue weighted by Crippen LogP contribution is 2.23. The van der Waals surface area contributed by atoms with Crippen LogP contribution in [-0.4, -0.2) is 21.9 Å². The number of hydrogen-bond donors (Lipinski definition) is 3. The number of fused-ring (bicyclic) bond motifs is 1. The minimum atomic E-state index is -0.600. The Kier molecular flexibility index (Phi) is 5.77. The first-order chi connectivity index (χ1) is 15.0. The van der Waals surface area contributed by atoms with Gasteiger partial charge in [-0.2, -0.15) is 0 Å². The van der Waals surface area contributed by atoms with Crippen molar-refractivity contribution in [1.29, 1.82) is 0 Å². The van der Waals surface area contributed by atoms with Crippen molar-refractivity contribution in [3.05, 3.63) is 89.1 Å². The number of nitrogens with zero attached hydrogens (tertiary/aromatic N) is 2. The van der Waals surface area contributed by atoms with Crippen molar-refractivity contribution >= 4 is 40.1 Å². The van der Waals surface area contributed by atoms with E-state index in [9.17, 15) is 9.59 Å². The van der Waals surface area contributed by atoms with Crippen LogP contribution in [0.5, 0.6) is 0 Å². The number of aromatic nitrogens is 2. The Balaban J connectivity index is 1.54. The van der Waals surface area contributed by atoms with Crippen LogP contribution in [0.15, 0.2) is 72.9 Å². The largest absolute Gasteiger partial charge is 0.337 e. The first kappa shape index (κ1) is 20.3. The molecule has 3 N–H and O–H groups in total. The average molecular weight is 432 g/mol. The quantitative estimate of drug-likeness (QED) is 0.409. The molecule has 4 aromatic rings. The fourth-order valence-corrected chi connectivity index (χ4v) is 3.20. The van der Waals surface area contributed by atoms with E-state index in [1.54, 1.807) is 36.5 Å². The predicted octanol–water partition coefficient (Wildman–Crippen LogP) is 4.73. The van der Waals surface area contributed by atoms with Crippen LogP contribution < -0.4 is 16.2 Å².